The second-order valence-electron chi connectivity index (χ2n) is 3.65. The number of pyridine rings is 1. The number of aryl methyl sites for hydroxylation is 1. The Hall–Kier alpha value is -2.44. The van der Waals surface area contributed by atoms with E-state index in [1.165, 1.54) is 29.2 Å². The molecule has 0 radical (unpaired) electrons. The highest BCUT2D eigenvalue weighted by atomic mass is 16.4. The van der Waals surface area contributed by atoms with Gasteiger partial charge in [-0.25, -0.2) is 14.5 Å². The number of nitrogens with zero attached hydrogens (tertiary/aromatic N) is 4. The minimum absolute atomic E-state index is 0.202. The quantitative estimate of drug-likeness (QED) is 0.835. The summed E-state index contributed by atoms with van der Waals surface area (Å²) in [6.45, 7) is 2.76. The van der Waals surface area contributed by atoms with Gasteiger partial charge in [0.15, 0.2) is 0 Å². The first-order valence-electron chi connectivity index (χ1n) is 5.43. The van der Waals surface area contributed by atoms with Gasteiger partial charge in [-0.05, 0) is 19.1 Å². The van der Waals surface area contributed by atoms with Crippen LogP contribution in [-0.4, -0.2) is 30.4 Å². The standard InChI is InChI=1S/C11H12N4O3/c1-2-15-9(12-7-13-15)6-14-5-3-4-8(10(14)16)11(17)18/h3-5,7H,2,6H2,1H3,(H,17,18). The van der Waals surface area contributed by atoms with Crippen LogP contribution >= 0.6 is 0 Å². The lowest BCUT2D eigenvalue weighted by Gasteiger charge is -2.06. The first kappa shape index (κ1) is 12.0. The van der Waals surface area contributed by atoms with E-state index in [2.05, 4.69) is 10.1 Å². The smallest absolute Gasteiger partial charge is 0.341 e. The average molecular weight is 248 g/mol. The highest BCUT2D eigenvalue weighted by molar-refractivity contribution is 5.86. The molecule has 18 heavy (non-hydrogen) atoms. The zero-order valence-electron chi connectivity index (χ0n) is 9.78. The Morgan fingerprint density at radius 3 is 2.94 bits per heavy atom. The Balaban J connectivity index is 2.39. The maximum Gasteiger partial charge on any atom is 0.341 e. The van der Waals surface area contributed by atoms with E-state index >= 15 is 0 Å². The Kier molecular flexibility index (Phi) is 3.22. The lowest BCUT2D eigenvalue weighted by molar-refractivity contribution is 0.0694. The van der Waals surface area contributed by atoms with Crippen molar-refractivity contribution in [2.45, 2.75) is 20.0 Å². The molecule has 7 heteroatoms. The van der Waals surface area contributed by atoms with Crippen molar-refractivity contribution in [2.75, 3.05) is 0 Å². The predicted octanol–water partition coefficient (Wildman–Crippen LogP) is 0.206. The Morgan fingerprint density at radius 1 is 1.50 bits per heavy atom. The summed E-state index contributed by atoms with van der Waals surface area (Å²) >= 11 is 0. The van der Waals surface area contributed by atoms with Crippen LogP contribution in [0.15, 0.2) is 29.5 Å². The predicted molar refractivity (Wildman–Crippen MR) is 62.5 cm³/mol. The monoisotopic (exact) mass is 248 g/mol. The molecule has 2 heterocycles. The van der Waals surface area contributed by atoms with Crippen LogP contribution < -0.4 is 5.56 Å². The molecule has 0 aromatic carbocycles. The minimum Gasteiger partial charge on any atom is -0.477 e. The van der Waals surface area contributed by atoms with Gasteiger partial charge in [0.1, 0.15) is 17.7 Å². The lowest BCUT2D eigenvalue weighted by atomic mass is 10.3. The molecule has 94 valence electrons. The molecule has 0 bridgehead atoms. The second-order valence-corrected chi connectivity index (χ2v) is 3.65. The van der Waals surface area contributed by atoms with E-state index in [1.807, 2.05) is 6.92 Å². The third-order valence-corrected chi connectivity index (χ3v) is 2.56. The van der Waals surface area contributed by atoms with E-state index in [4.69, 9.17) is 5.11 Å². The van der Waals surface area contributed by atoms with Gasteiger partial charge >= 0.3 is 5.97 Å². The number of hydrogen-bond donors (Lipinski definition) is 1. The molecule has 0 saturated carbocycles. The van der Waals surface area contributed by atoms with Gasteiger partial charge in [0.25, 0.3) is 5.56 Å². The second kappa shape index (κ2) is 4.82. The third kappa shape index (κ3) is 2.15. The summed E-state index contributed by atoms with van der Waals surface area (Å²) in [6, 6.07) is 2.81. The van der Waals surface area contributed by atoms with Crippen LogP contribution in [0.5, 0.6) is 0 Å². The number of aromatic nitrogens is 4. The molecule has 1 N–H and O–H groups in total. The topological polar surface area (TPSA) is 90.0 Å². The zero-order valence-corrected chi connectivity index (χ0v) is 9.78. The van der Waals surface area contributed by atoms with Gasteiger partial charge in [0, 0.05) is 12.7 Å². The molecular weight excluding hydrogens is 236 g/mol. The van der Waals surface area contributed by atoms with Crippen molar-refractivity contribution in [3.63, 3.8) is 0 Å². The molecule has 0 unspecified atom stereocenters. The highest BCUT2D eigenvalue weighted by Crippen LogP contribution is 1.98. The molecular formula is C11H12N4O3. The fourth-order valence-electron chi connectivity index (χ4n) is 1.65. The lowest BCUT2D eigenvalue weighted by Crippen LogP contribution is -2.27. The molecule has 0 atom stereocenters. The molecule has 2 aromatic heterocycles. The fourth-order valence-corrected chi connectivity index (χ4v) is 1.65. The largest absolute Gasteiger partial charge is 0.477 e. The first-order chi connectivity index (χ1) is 8.63. The van der Waals surface area contributed by atoms with Crippen LogP contribution in [0.4, 0.5) is 0 Å². The van der Waals surface area contributed by atoms with Crippen LogP contribution in [0, 0.1) is 0 Å². The summed E-state index contributed by atoms with van der Waals surface area (Å²) in [5.41, 5.74) is -0.796. The van der Waals surface area contributed by atoms with E-state index in [0.29, 0.717) is 12.4 Å². The molecule has 0 aliphatic rings. The van der Waals surface area contributed by atoms with Gasteiger partial charge in [0.2, 0.25) is 0 Å². The van der Waals surface area contributed by atoms with Gasteiger partial charge in [-0.1, -0.05) is 0 Å². The van der Waals surface area contributed by atoms with Crippen LogP contribution in [-0.2, 0) is 13.1 Å². The van der Waals surface area contributed by atoms with Gasteiger partial charge in [-0.3, -0.25) is 4.79 Å². The Bertz CT molecular complexity index is 629. The molecule has 0 amide bonds. The fraction of sp³-hybridized carbons (Fsp3) is 0.273. The maximum atomic E-state index is 11.9. The molecule has 0 spiro atoms. The summed E-state index contributed by atoms with van der Waals surface area (Å²) in [7, 11) is 0. The van der Waals surface area contributed by atoms with Crippen molar-refractivity contribution >= 4 is 5.97 Å². The van der Waals surface area contributed by atoms with Crippen LogP contribution in [0.25, 0.3) is 0 Å². The van der Waals surface area contributed by atoms with E-state index in [0.717, 1.165) is 0 Å². The number of carboxylic acid groups (broad SMARTS) is 1. The summed E-state index contributed by atoms with van der Waals surface area (Å²) in [5.74, 6) is -0.617. The third-order valence-electron chi connectivity index (χ3n) is 2.56. The first-order valence-corrected chi connectivity index (χ1v) is 5.43. The zero-order chi connectivity index (χ0) is 13.1. The van der Waals surface area contributed by atoms with Crippen molar-refractivity contribution in [3.05, 3.63) is 46.4 Å². The van der Waals surface area contributed by atoms with Crippen molar-refractivity contribution in [3.8, 4) is 0 Å². The number of carboxylic acids is 1. The molecule has 0 saturated heterocycles. The van der Waals surface area contributed by atoms with Gasteiger partial charge in [-0.15, -0.1) is 0 Å². The summed E-state index contributed by atoms with van der Waals surface area (Å²) in [6.07, 6.45) is 2.94. The number of aromatic carboxylic acids is 1. The summed E-state index contributed by atoms with van der Waals surface area (Å²) < 4.78 is 2.96. The van der Waals surface area contributed by atoms with Crippen molar-refractivity contribution in [1.82, 2.24) is 19.3 Å². The van der Waals surface area contributed by atoms with Crippen molar-refractivity contribution in [1.29, 1.82) is 0 Å². The van der Waals surface area contributed by atoms with E-state index < -0.39 is 11.5 Å². The minimum atomic E-state index is -1.23. The number of carbonyl (C=O) groups is 1. The van der Waals surface area contributed by atoms with Crippen molar-refractivity contribution < 1.29 is 9.90 Å². The normalized spacial score (nSPS) is 10.5. The van der Waals surface area contributed by atoms with E-state index in [-0.39, 0.29) is 12.1 Å². The average Bonchev–Trinajstić information content (AvgIpc) is 2.78. The summed E-state index contributed by atoms with van der Waals surface area (Å²) in [5, 5.41) is 12.9. The maximum absolute atomic E-state index is 11.9. The van der Waals surface area contributed by atoms with Gasteiger partial charge in [-0.2, -0.15) is 5.10 Å². The van der Waals surface area contributed by atoms with Crippen LogP contribution in [0.2, 0.25) is 0 Å². The molecule has 2 rings (SSSR count). The molecule has 0 fully saturated rings. The molecule has 2 aromatic rings. The highest BCUT2D eigenvalue weighted by Gasteiger charge is 2.11. The van der Waals surface area contributed by atoms with Gasteiger partial charge < -0.3 is 9.67 Å². The van der Waals surface area contributed by atoms with Gasteiger partial charge in [0.05, 0.1) is 6.54 Å². The van der Waals surface area contributed by atoms with E-state index in [9.17, 15) is 9.59 Å². The number of rotatable bonds is 4. The molecule has 0 aliphatic carbocycles. The molecule has 7 nitrogen and oxygen atoms in total. The Morgan fingerprint density at radius 2 is 2.28 bits per heavy atom. The van der Waals surface area contributed by atoms with Crippen molar-refractivity contribution in [2.24, 2.45) is 0 Å². The molecule has 0 aliphatic heterocycles. The summed E-state index contributed by atoms with van der Waals surface area (Å²) in [4.78, 5) is 26.8. The van der Waals surface area contributed by atoms with Crippen LogP contribution in [0.1, 0.15) is 23.1 Å². The van der Waals surface area contributed by atoms with E-state index in [1.54, 1.807) is 4.68 Å². The number of hydrogen-bond acceptors (Lipinski definition) is 4. The van der Waals surface area contributed by atoms with Crippen LogP contribution in [0.3, 0.4) is 0 Å². The Labute approximate surface area is 102 Å². The SMILES string of the molecule is CCn1ncnc1Cn1cccc(C(=O)O)c1=O.